The molecule has 1 aliphatic rings. The van der Waals surface area contributed by atoms with Gasteiger partial charge in [0.25, 0.3) is 5.91 Å². The molecule has 1 saturated heterocycles. The fourth-order valence-electron chi connectivity index (χ4n) is 2.48. The van der Waals surface area contributed by atoms with E-state index in [0.717, 1.165) is 19.4 Å². The van der Waals surface area contributed by atoms with E-state index < -0.39 is 5.97 Å². The highest BCUT2D eigenvalue weighted by atomic mass is 16.5. The fourth-order valence-corrected chi connectivity index (χ4v) is 2.48. The molecule has 2 rings (SSSR count). The third-order valence-electron chi connectivity index (χ3n) is 3.72. The lowest BCUT2D eigenvalue weighted by atomic mass is 10.1. The number of carbonyl (C=O) groups excluding carboxylic acids is 2. The summed E-state index contributed by atoms with van der Waals surface area (Å²) in [6, 6.07) is 6.64. The maximum Gasteiger partial charge on any atom is 0.303 e. The number of benzene rings is 1. The largest absolute Gasteiger partial charge is 0.481 e. The Bertz CT molecular complexity index is 596. The summed E-state index contributed by atoms with van der Waals surface area (Å²) in [5.74, 6) is -1.41. The van der Waals surface area contributed by atoms with Gasteiger partial charge in [-0.15, -0.1) is 0 Å². The number of rotatable bonds is 8. The quantitative estimate of drug-likeness (QED) is 0.672. The molecular formula is C17H22N2O5. The number of amides is 2. The van der Waals surface area contributed by atoms with Crippen LogP contribution in [0, 0.1) is 0 Å². The van der Waals surface area contributed by atoms with E-state index in [0.29, 0.717) is 17.8 Å². The first-order valence-electron chi connectivity index (χ1n) is 8.06. The molecule has 0 bridgehead atoms. The van der Waals surface area contributed by atoms with Gasteiger partial charge in [0.05, 0.1) is 6.10 Å². The minimum absolute atomic E-state index is 0.0426. The maximum atomic E-state index is 12.1. The predicted octanol–water partition coefficient (Wildman–Crippen LogP) is 1.79. The summed E-state index contributed by atoms with van der Waals surface area (Å²) in [7, 11) is 0. The molecule has 1 aromatic rings. The third-order valence-corrected chi connectivity index (χ3v) is 3.72. The van der Waals surface area contributed by atoms with Gasteiger partial charge in [0.1, 0.15) is 0 Å². The van der Waals surface area contributed by atoms with Crippen molar-refractivity contribution in [3.05, 3.63) is 29.8 Å². The summed E-state index contributed by atoms with van der Waals surface area (Å²) in [4.78, 5) is 34.3. The molecule has 0 spiro atoms. The molecule has 0 unspecified atom stereocenters. The molecule has 24 heavy (non-hydrogen) atoms. The molecular weight excluding hydrogens is 312 g/mol. The van der Waals surface area contributed by atoms with Crippen LogP contribution >= 0.6 is 0 Å². The van der Waals surface area contributed by atoms with Gasteiger partial charge >= 0.3 is 5.97 Å². The van der Waals surface area contributed by atoms with Crippen LogP contribution in [0.1, 0.15) is 42.5 Å². The first-order valence-corrected chi connectivity index (χ1v) is 8.06. The number of carboxylic acid groups (broad SMARTS) is 1. The van der Waals surface area contributed by atoms with Crippen LogP contribution in [0.15, 0.2) is 24.3 Å². The first-order chi connectivity index (χ1) is 11.5. The van der Waals surface area contributed by atoms with Crippen molar-refractivity contribution in [2.24, 2.45) is 0 Å². The number of hydrogen-bond donors (Lipinski definition) is 3. The van der Waals surface area contributed by atoms with Gasteiger partial charge in [0, 0.05) is 37.2 Å². The second-order valence-corrected chi connectivity index (χ2v) is 5.72. The molecule has 0 saturated carbocycles. The first kappa shape index (κ1) is 17.9. The summed E-state index contributed by atoms with van der Waals surface area (Å²) in [6.07, 6.45) is 2.41. The summed E-state index contributed by atoms with van der Waals surface area (Å²) in [5.41, 5.74) is 0.969. The molecule has 2 amide bonds. The Hall–Kier alpha value is -2.41. The zero-order chi connectivity index (χ0) is 17.4. The van der Waals surface area contributed by atoms with Gasteiger partial charge in [-0.1, -0.05) is 6.07 Å². The Morgan fingerprint density at radius 2 is 2.08 bits per heavy atom. The average Bonchev–Trinajstić information content (AvgIpc) is 3.06. The van der Waals surface area contributed by atoms with E-state index in [1.165, 1.54) is 0 Å². The molecule has 130 valence electrons. The molecule has 7 nitrogen and oxygen atoms in total. The van der Waals surface area contributed by atoms with Gasteiger partial charge < -0.3 is 20.5 Å². The lowest BCUT2D eigenvalue weighted by molar-refractivity contribution is -0.137. The molecule has 3 N–H and O–H groups in total. The van der Waals surface area contributed by atoms with Crippen molar-refractivity contribution in [2.45, 2.75) is 38.2 Å². The zero-order valence-electron chi connectivity index (χ0n) is 13.4. The summed E-state index contributed by atoms with van der Waals surface area (Å²) in [5, 5.41) is 14.1. The Balaban J connectivity index is 1.82. The topological polar surface area (TPSA) is 105 Å². The van der Waals surface area contributed by atoms with Crippen LogP contribution in [0.4, 0.5) is 5.69 Å². The molecule has 1 fully saturated rings. The average molecular weight is 334 g/mol. The Morgan fingerprint density at radius 3 is 2.79 bits per heavy atom. The number of aliphatic carboxylic acids is 1. The smallest absolute Gasteiger partial charge is 0.303 e. The fraction of sp³-hybridized carbons (Fsp3) is 0.471. The van der Waals surface area contributed by atoms with Crippen molar-refractivity contribution in [1.82, 2.24) is 5.32 Å². The molecule has 0 aromatic heterocycles. The van der Waals surface area contributed by atoms with Crippen molar-refractivity contribution in [3.63, 3.8) is 0 Å². The van der Waals surface area contributed by atoms with E-state index >= 15 is 0 Å². The van der Waals surface area contributed by atoms with Crippen LogP contribution < -0.4 is 10.6 Å². The molecule has 1 aromatic carbocycles. The molecule has 1 aliphatic heterocycles. The summed E-state index contributed by atoms with van der Waals surface area (Å²) in [6.45, 7) is 1.22. The van der Waals surface area contributed by atoms with Gasteiger partial charge in [0.15, 0.2) is 0 Å². The van der Waals surface area contributed by atoms with Crippen molar-refractivity contribution >= 4 is 23.5 Å². The number of carboxylic acids is 1. The van der Waals surface area contributed by atoms with Gasteiger partial charge in [-0.25, -0.2) is 0 Å². The molecule has 7 heteroatoms. The second kappa shape index (κ2) is 9.02. The predicted molar refractivity (Wildman–Crippen MR) is 87.9 cm³/mol. The maximum absolute atomic E-state index is 12.1. The van der Waals surface area contributed by atoms with E-state index in [9.17, 15) is 14.4 Å². The van der Waals surface area contributed by atoms with E-state index in [1.54, 1.807) is 24.3 Å². The molecule has 0 radical (unpaired) electrons. The minimum Gasteiger partial charge on any atom is -0.481 e. The van der Waals surface area contributed by atoms with E-state index in [4.69, 9.17) is 9.84 Å². The van der Waals surface area contributed by atoms with Crippen LogP contribution in [0.25, 0.3) is 0 Å². The number of anilines is 1. The number of nitrogens with one attached hydrogen (secondary N) is 2. The summed E-state index contributed by atoms with van der Waals surface area (Å²) >= 11 is 0. The number of ether oxygens (including phenoxy) is 1. The van der Waals surface area contributed by atoms with E-state index in [-0.39, 0.29) is 37.2 Å². The van der Waals surface area contributed by atoms with Gasteiger partial charge in [0.2, 0.25) is 5.91 Å². The van der Waals surface area contributed by atoms with Crippen LogP contribution in [0.2, 0.25) is 0 Å². The van der Waals surface area contributed by atoms with Crippen LogP contribution in [-0.4, -0.2) is 42.1 Å². The van der Waals surface area contributed by atoms with Crippen molar-refractivity contribution in [1.29, 1.82) is 0 Å². The van der Waals surface area contributed by atoms with Crippen LogP contribution in [0.3, 0.4) is 0 Å². The van der Waals surface area contributed by atoms with Crippen molar-refractivity contribution < 1.29 is 24.2 Å². The monoisotopic (exact) mass is 334 g/mol. The van der Waals surface area contributed by atoms with Gasteiger partial charge in [-0.05, 0) is 37.5 Å². The van der Waals surface area contributed by atoms with E-state index in [2.05, 4.69) is 10.6 Å². The number of carbonyl (C=O) groups is 3. The molecule has 1 atom stereocenters. The summed E-state index contributed by atoms with van der Waals surface area (Å²) < 4.78 is 5.46. The highest BCUT2D eigenvalue weighted by Gasteiger charge is 2.16. The SMILES string of the molecule is O=C(O)CCCC(=O)Nc1cccc(C(=O)NC[C@H]2CCCO2)c1. The number of hydrogen-bond acceptors (Lipinski definition) is 4. The minimum atomic E-state index is -0.923. The lowest BCUT2D eigenvalue weighted by Gasteiger charge is -2.11. The van der Waals surface area contributed by atoms with Gasteiger partial charge in [-0.3, -0.25) is 14.4 Å². The second-order valence-electron chi connectivity index (χ2n) is 5.72. The van der Waals surface area contributed by atoms with Crippen molar-refractivity contribution in [2.75, 3.05) is 18.5 Å². The Labute approximate surface area is 140 Å². The van der Waals surface area contributed by atoms with Crippen LogP contribution in [0.5, 0.6) is 0 Å². The van der Waals surface area contributed by atoms with Crippen LogP contribution in [-0.2, 0) is 14.3 Å². The standard InChI is InChI=1S/C17H22N2O5/c20-15(7-2-8-16(21)22)19-13-5-1-4-12(10-13)17(23)18-11-14-6-3-9-24-14/h1,4-5,10,14H,2-3,6-9,11H2,(H,18,23)(H,19,20)(H,21,22)/t14-/m1/s1. The van der Waals surface area contributed by atoms with Crippen molar-refractivity contribution in [3.8, 4) is 0 Å². The van der Waals surface area contributed by atoms with E-state index in [1.807, 2.05) is 0 Å². The highest BCUT2D eigenvalue weighted by molar-refractivity contribution is 5.97. The van der Waals surface area contributed by atoms with Gasteiger partial charge in [-0.2, -0.15) is 0 Å². The molecule has 1 heterocycles. The third kappa shape index (κ3) is 6.00. The highest BCUT2D eigenvalue weighted by Crippen LogP contribution is 2.13. The molecule has 0 aliphatic carbocycles. The zero-order valence-corrected chi connectivity index (χ0v) is 13.4. The Kier molecular flexibility index (Phi) is 6.74. The normalized spacial score (nSPS) is 16.6. The Morgan fingerprint density at radius 1 is 1.25 bits per heavy atom. The lowest BCUT2D eigenvalue weighted by Crippen LogP contribution is -2.31.